The number of halogens is 2. The van der Waals surface area contributed by atoms with Crippen LogP contribution >= 0.6 is 27.5 Å². The Hall–Kier alpha value is -2.04. The van der Waals surface area contributed by atoms with Gasteiger partial charge in [-0.15, -0.1) is 0 Å². The second kappa shape index (κ2) is 5.99. The average molecular weight is 386 g/mol. The number of benzene rings is 1. The molecule has 0 radical (unpaired) electrons. The van der Waals surface area contributed by atoms with E-state index in [1.807, 2.05) is 6.07 Å². The minimum atomic E-state index is -1.29. The van der Waals surface area contributed by atoms with E-state index in [2.05, 4.69) is 21.2 Å². The molecule has 22 heavy (non-hydrogen) atoms. The number of hydrogen-bond donors (Lipinski definition) is 1. The Balaban J connectivity index is 2.28. The number of nitrogens with one attached hydrogen (secondary N) is 1. The van der Waals surface area contributed by atoms with Crippen LogP contribution in [-0.4, -0.2) is 17.7 Å². The van der Waals surface area contributed by atoms with E-state index >= 15 is 0 Å². The predicted octanol–water partition coefficient (Wildman–Crippen LogP) is 3.11. The normalized spacial score (nSPS) is 16.4. The molecule has 1 aromatic carbocycles. The second-order valence-corrected chi connectivity index (χ2v) is 6.07. The van der Waals surface area contributed by atoms with E-state index in [0.717, 1.165) is 6.20 Å². The van der Waals surface area contributed by atoms with Crippen molar-refractivity contribution >= 4 is 45.2 Å². The number of carbonyl (C=O) groups is 2. The minimum Gasteiger partial charge on any atom is -0.419 e. The SMILES string of the molecule is CC1(C)OC(=O)C(=CNc2c(Cl)cc(C#N)cc2Br)C(=O)O1. The van der Waals surface area contributed by atoms with Gasteiger partial charge in [0.2, 0.25) is 0 Å². The van der Waals surface area contributed by atoms with Crippen LogP contribution in [0.3, 0.4) is 0 Å². The number of anilines is 1. The predicted molar refractivity (Wildman–Crippen MR) is 81.8 cm³/mol. The van der Waals surface area contributed by atoms with Gasteiger partial charge in [-0.2, -0.15) is 5.26 Å². The van der Waals surface area contributed by atoms with Crippen LogP contribution in [0.1, 0.15) is 19.4 Å². The van der Waals surface area contributed by atoms with Crippen LogP contribution < -0.4 is 5.32 Å². The molecule has 1 aromatic rings. The zero-order valence-electron chi connectivity index (χ0n) is 11.6. The Labute approximate surface area is 139 Å². The topological polar surface area (TPSA) is 88.4 Å². The summed E-state index contributed by atoms with van der Waals surface area (Å²) in [5.41, 5.74) is 0.485. The highest BCUT2D eigenvalue weighted by molar-refractivity contribution is 9.10. The summed E-state index contributed by atoms with van der Waals surface area (Å²) in [7, 11) is 0. The fourth-order valence-electron chi connectivity index (χ4n) is 1.70. The summed E-state index contributed by atoms with van der Waals surface area (Å²) in [5.74, 6) is -2.89. The maximum atomic E-state index is 11.8. The largest absolute Gasteiger partial charge is 0.419 e. The molecule has 1 aliphatic heterocycles. The van der Waals surface area contributed by atoms with Crippen molar-refractivity contribution in [1.82, 2.24) is 0 Å². The smallest absolute Gasteiger partial charge is 0.350 e. The molecule has 1 N–H and O–H groups in total. The number of rotatable bonds is 2. The van der Waals surface area contributed by atoms with E-state index < -0.39 is 17.7 Å². The summed E-state index contributed by atoms with van der Waals surface area (Å²) in [4.78, 5) is 23.6. The van der Waals surface area contributed by atoms with Gasteiger partial charge in [-0.05, 0) is 28.1 Å². The lowest BCUT2D eigenvalue weighted by Gasteiger charge is -2.29. The van der Waals surface area contributed by atoms with Crippen LogP contribution in [0.4, 0.5) is 5.69 Å². The Bertz CT molecular complexity index is 692. The van der Waals surface area contributed by atoms with Crippen molar-refractivity contribution in [2.24, 2.45) is 0 Å². The summed E-state index contributed by atoms with van der Waals surface area (Å²) in [6, 6.07) is 4.96. The van der Waals surface area contributed by atoms with Crippen molar-refractivity contribution in [3.05, 3.63) is 39.0 Å². The molecule has 2 rings (SSSR count). The standard InChI is InChI=1S/C14H10BrClN2O4/c1-14(2)21-12(19)8(13(20)22-14)6-18-11-9(15)3-7(5-17)4-10(11)16/h3-4,6,18H,1-2H3. The lowest BCUT2D eigenvalue weighted by Crippen LogP contribution is -2.42. The molecule has 1 heterocycles. The van der Waals surface area contributed by atoms with Gasteiger partial charge in [0.05, 0.1) is 22.3 Å². The molecule has 0 saturated carbocycles. The van der Waals surface area contributed by atoms with E-state index in [-0.39, 0.29) is 10.6 Å². The molecule has 8 heteroatoms. The first kappa shape index (κ1) is 16.3. The van der Waals surface area contributed by atoms with Crippen molar-refractivity contribution in [2.75, 3.05) is 5.32 Å². The highest BCUT2D eigenvalue weighted by Crippen LogP contribution is 2.32. The summed E-state index contributed by atoms with van der Waals surface area (Å²) in [5, 5.41) is 11.8. The molecule has 1 fully saturated rings. The molecule has 6 nitrogen and oxygen atoms in total. The fourth-order valence-corrected chi connectivity index (χ4v) is 2.66. The first-order chi connectivity index (χ1) is 10.2. The maximum absolute atomic E-state index is 11.8. The number of ether oxygens (including phenoxy) is 2. The van der Waals surface area contributed by atoms with Gasteiger partial charge in [-0.3, -0.25) is 0 Å². The van der Waals surface area contributed by atoms with Crippen LogP contribution in [-0.2, 0) is 19.1 Å². The first-order valence-electron chi connectivity index (χ1n) is 6.06. The van der Waals surface area contributed by atoms with Crippen LogP contribution in [0.15, 0.2) is 28.4 Å². The van der Waals surface area contributed by atoms with Crippen molar-refractivity contribution in [2.45, 2.75) is 19.6 Å². The fraction of sp³-hybridized carbons (Fsp3) is 0.214. The number of carbonyl (C=O) groups excluding carboxylic acids is 2. The Morgan fingerprint density at radius 2 is 1.91 bits per heavy atom. The summed E-state index contributed by atoms with van der Waals surface area (Å²) in [6.45, 7) is 2.92. The van der Waals surface area contributed by atoms with E-state index in [1.54, 1.807) is 6.07 Å². The second-order valence-electron chi connectivity index (χ2n) is 4.81. The van der Waals surface area contributed by atoms with Crippen LogP contribution in [0, 0.1) is 11.3 Å². The number of esters is 2. The quantitative estimate of drug-likeness (QED) is 0.478. The highest BCUT2D eigenvalue weighted by atomic mass is 79.9. The van der Waals surface area contributed by atoms with Crippen LogP contribution in [0.25, 0.3) is 0 Å². The highest BCUT2D eigenvalue weighted by Gasteiger charge is 2.39. The molecular weight excluding hydrogens is 376 g/mol. The van der Waals surface area contributed by atoms with E-state index in [0.29, 0.717) is 15.7 Å². The molecule has 0 unspecified atom stereocenters. The van der Waals surface area contributed by atoms with Crippen molar-refractivity contribution in [3.8, 4) is 6.07 Å². The average Bonchev–Trinajstić information content (AvgIpc) is 2.38. The van der Waals surface area contributed by atoms with Crippen LogP contribution in [0.5, 0.6) is 0 Å². The van der Waals surface area contributed by atoms with Gasteiger partial charge in [0, 0.05) is 24.5 Å². The first-order valence-corrected chi connectivity index (χ1v) is 7.23. The zero-order chi connectivity index (χ0) is 16.5. The van der Waals surface area contributed by atoms with Gasteiger partial charge in [0.25, 0.3) is 5.79 Å². The summed E-state index contributed by atoms with van der Waals surface area (Å²) < 4.78 is 10.4. The van der Waals surface area contributed by atoms with Crippen molar-refractivity contribution in [1.29, 1.82) is 5.26 Å². The molecule has 114 valence electrons. The van der Waals surface area contributed by atoms with E-state index in [4.69, 9.17) is 26.3 Å². The maximum Gasteiger partial charge on any atom is 0.350 e. The Kier molecular flexibility index (Phi) is 4.44. The third-order valence-electron chi connectivity index (χ3n) is 2.65. The lowest BCUT2D eigenvalue weighted by molar-refractivity contribution is -0.222. The number of cyclic esters (lactones) is 2. The molecular formula is C14H10BrClN2O4. The van der Waals surface area contributed by atoms with E-state index in [1.165, 1.54) is 19.9 Å². The molecule has 1 aliphatic rings. The van der Waals surface area contributed by atoms with Gasteiger partial charge in [-0.1, -0.05) is 11.6 Å². The molecule has 1 saturated heterocycles. The minimum absolute atomic E-state index is 0.251. The molecule has 0 aromatic heterocycles. The lowest BCUT2D eigenvalue weighted by atomic mass is 10.2. The zero-order valence-corrected chi connectivity index (χ0v) is 13.9. The molecule has 0 spiro atoms. The third kappa shape index (κ3) is 3.40. The molecule has 0 bridgehead atoms. The Morgan fingerprint density at radius 1 is 1.32 bits per heavy atom. The molecule has 0 aliphatic carbocycles. The van der Waals surface area contributed by atoms with Crippen molar-refractivity contribution in [3.63, 3.8) is 0 Å². The van der Waals surface area contributed by atoms with Gasteiger partial charge >= 0.3 is 11.9 Å². The Morgan fingerprint density at radius 3 is 2.41 bits per heavy atom. The van der Waals surface area contributed by atoms with Gasteiger partial charge in [-0.25, -0.2) is 9.59 Å². The third-order valence-corrected chi connectivity index (χ3v) is 3.57. The van der Waals surface area contributed by atoms with Crippen molar-refractivity contribution < 1.29 is 19.1 Å². The van der Waals surface area contributed by atoms with Gasteiger partial charge < -0.3 is 14.8 Å². The molecule has 0 atom stereocenters. The number of nitriles is 1. The summed E-state index contributed by atoms with van der Waals surface area (Å²) in [6.07, 6.45) is 1.15. The van der Waals surface area contributed by atoms with Gasteiger partial charge in [0.1, 0.15) is 0 Å². The number of hydrogen-bond acceptors (Lipinski definition) is 6. The van der Waals surface area contributed by atoms with Gasteiger partial charge in [0.15, 0.2) is 5.57 Å². The number of nitrogens with zero attached hydrogens (tertiary/aromatic N) is 1. The summed E-state index contributed by atoms with van der Waals surface area (Å²) >= 11 is 9.30. The molecule has 0 amide bonds. The van der Waals surface area contributed by atoms with Crippen LogP contribution in [0.2, 0.25) is 5.02 Å². The van der Waals surface area contributed by atoms with E-state index in [9.17, 15) is 9.59 Å². The monoisotopic (exact) mass is 384 g/mol.